The number of ether oxygens (including phenoxy) is 2. The van der Waals surface area contributed by atoms with Crippen LogP contribution in [0.2, 0.25) is 0 Å². The number of carboxylic acid groups (broad SMARTS) is 1. The number of alkyl carbamates (subject to hydrolysis) is 2. The molecule has 0 saturated carbocycles. The van der Waals surface area contributed by atoms with Gasteiger partial charge in [-0.15, -0.1) is 0 Å². The Kier molecular flexibility index (Phi) is 13.4. The predicted octanol–water partition coefficient (Wildman–Crippen LogP) is 1.66. The van der Waals surface area contributed by atoms with Crippen LogP contribution in [-0.4, -0.2) is 71.4 Å². The highest BCUT2D eigenvalue weighted by molar-refractivity contribution is 6.03. The highest BCUT2D eigenvalue weighted by Gasteiger charge is 2.26. The van der Waals surface area contributed by atoms with E-state index in [9.17, 15) is 24.0 Å². The second kappa shape index (κ2) is 14.8. The summed E-state index contributed by atoms with van der Waals surface area (Å²) in [6.07, 6.45) is 1.08. The lowest BCUT2D eigenvalue weighted by atomic mass is 10.2. The molecule has 200 valence electrons. The molecule has 0 aliphatic carbocycles. The Balaban J connectivity index is 4.59. The normalized spacial score (nSPS) is 12.0. The van der Waals surface area contributed by atoms with Crippen molar-refractivity contribution in [2.75, 3.05) is 13.1 Å². The van der Waals surface area contributed by atoms with Crippen LogP contribution in [-0.2, 0) is 23.9 Å². The van der Waals surface area contributed by atoms with E-state index in [1.54, 1.807) is 41.5 Å². The molecule has 0 bridgehead atoms. The number of carbonyl (C=O) groups excluding carboxylic acids is 4. The number of aliphatic imine (C=N–C) groups is 1. The monoisotopic (exact) mass is 501 g/mol. The second-order valence-electron chi connectivity index (χ2n) is 9.66. The maximum atomic E-state index is 12.0. The van der Waals surface area contributed by atoms with Gasteiger partial charge in [-0.3, -0.25) is 25.2 Å². The fourth-order valence-electron chi connectivity index (χ4n) is 2.45. The van der Waals surface area contributed by atoms with Crippen LogP contribution in [0.4, 0.5) is 9.59 Å². The standard InChI is InChI=1S/C22H39N5O8/c1-14(28)25-15(17(30)31)16(29)23-12-10-8-9-11-13-24-18(26-19(32)34-21(2,3)4)27-20(33)35-22(5,6)7/h15H,8-13H2,1-7H3,(H,23,29)(H,25,28)(H,30,31)(H2,24,26,27,32,33). The van der Waals surface area contributed by atoms with Crippen molar-refractivity contribution in [2.24, 2.45) is 4.99 Å². The van der Waals surface area contributed by atoms with Crippen LogP contribution in [0.3, 0.4) is 0 Å². The van der Waals surface area contributed by atoms with Crippen molar-refractivity contribution >= 4 is 35.9 Å². The summed E-state index contributed by atoms with van der Waals surface area (Å²) in [5.74, 6) is -2.94. The number of nitrogens with zero attached hydrogens (tertiary/aromatic N) is 1. The van der Waals surface area contributed by atoms with Gasteiger partial charge in [0, 0.05) is 20.0 Å². The Hall–Kier alpha value is -3.38. The molecule has 0 rings (SSSR count). The third kappa shape index (κ3) is 17.7. The van der Waals surface area contributed by atoms with E-state index in [0.717, 1.165) is 13.3 Å². The lowest BCUT2D eigenvalue weighted by Crippen LogP contribution is -2.51. The van der Waals surface area contributed by atoms with Gasteiger partial charge >= 0.3 is 18.2 Å². The number of unbranched alkanes of at least 4 members (excludes halogenated alkanes) is 3. The Morgan fingerprint density at radius 2 is 1.31 bits per heavy atom. The summed E-state index contributed by atoms with van der Waals surface area (Å²) in [7, 11) is 0. The number of carboxylic acids is 1. The van der Waals surface area contributed by atoms with Gasteiger partial charge < -0.3 is 25.2 Å². The van der Waals surface area contributed by atoms with Crippen molar-refractivity contribution in [2.45, 2.75) is 91.4 Å². The number of nitrogens with one attached hydrogen (secondary N) is 4. The summed E-state index contributed by atoms with van der Waals surface area (Å²) < 4.78 is 10.4. The first-order valence-electron chi connectivity index (χ1n) is 11.3. The highest BCUT2D eigenvalue weighted by atomic mass is 16.6. The lowest BCUT2D eigenvalue weighted by Gasteiger charge is -2.22. The number of aliphatic carboxylic acids is 1. The molecule has 0 heterocycles. The quantitative estimate of drug-likeness (QED) is 0.129. The van der Waals surface area contributed by atoms with Crippen molar-refractivity contribution in [1.82, 2.24) is 21.3 Å². The first kappa shape index (κ1) is 31.6. The first-order chi connectivity index (χ1) is 16.0. The number of rotatable bonds is 10. The van der Waals surface area contributed by atoms with Crippen LogP contribution >= 0.6 is 0 Å². The predicted molar refractivity (Wildman–Crippen MR) is 128 cm³/mol. The van der Waals surface area contributed by atoms with E-state index in [4.69, 9.17) is 14.6 Å². The molecule has 5 N–H and O–H groups in total. The molecule has 1 unspecified atom stereocenters. The van der Waals surface area contributed by atoms with Gasteiger partial charge in [0.2, 0.25) is 17.9 Å². The Bertz CT molecular complexity index is 752. The molecule has 0 fully saturated rings. The summed E-state index contributed by atoms with van der Waals surface area (Å²) in [5, 5.41) is 18.3. The van der Waals surface area contributed by atoms with Gasteiger partial charge in [0.1, 0.15) is 11.2 Å². The molecular formula is C22H39N5O8. The number of carbonyl (C=O) groups is 5. The minimum Gasteiger partial charge on any atom is -0.479 e. The minimum absolute atomic E-state index is 0.0987. The van der Waals surface area contributed by atoms with Gasteiger partial charge in [-0.2, -0.15) is 0 Å². The molecule has 13 nitrogen and oxygen atoms in total. The summed E-state index contributed by atoms with van der Waals surface area (Å²) in [6.45, 7) is 11.9. The van der Waals surface area contributed by atoms with Gasteiger partial charge in [0.05, 0.1) is 0 Å². The van der Waals surface area contributed by atoms with Gasteiger partial charge in [-0.05, 0) is 54.4 Å². The maximum absolute atomic E-state index is 12.0. The number of hydrogen-bond acceptors (Lipinski definition) is 8. The molecule has 35 heavy (non-hydrogen) atoms. The van der Waals surface area contributed by atoms with E-state index < -0.39 is 47.2 Å². The van der Waals surface area contributed by atoms with E-state index in [2.05, 4.69) is 26.3 Å². The summed E-state index contributed by atoms with van der Waals surface area (Å²) in [6, 6.07) is -1.63. The molecule has 0 radical (unpaired) electrons. The van der Waals surface area contributed by atoms with Crippen molar-refractivity contribution in [3.8, 4) is 0 Å². The van der Waals surface area contributed by atoms with Crippen LogP contribution in [0, 0.1) is 0 Å². The van der Waals surface area contributed by atoms with Crippen LogP contribution in [0.5, 0.6) is 0 Å². The number of amides is 4. The van der Waals surface area contributed by atoms with E-state index in [0.29, 0.717) is 19.3 Å². The number of hydrogen-bond donors (Lipinski definition) is 5. The number of guanidine groups is 1. The average Bonchev–Trinajstić information content (AvgIpc) is 2.64. The molecule has 0 aromatic rings. The Labute approximate surface area is 205 Å². The van der Waals surface area contributed by atoms with Crippen LogP contribution in [0.1, 0.15) is 74.1 Å². The smallest absolute Gasteiger partial charge is 0.414 e. The van der Waals surface area contributed by atoms with Crippen molar-refractivity contribution in [3.05, 3.63) is 0 Å². The molecular weight excluding hydrogens is 462 g/mol. The fourth-order valence-corrected chi connectivity index (χ4v) is 2.45. The molecule has 13 heteroatoms. The average molecular weight is 502 g/mol. The van der Waals surface area contributed by atoms with Crippen LogP contribution in [0.25, 0.3) is 0 Å². The van der Waals surface area contributed by atoms with Gasteiger partial charge in [0.25, 0.3) is 5.91 Å². The zero-order chi connectivity index (χ0) is 27.2. The van der Waals surface area contributed by atoms with Crippen LogP contribution < -0.4 is 21.3 Å². The third-order valence-electron chi connectivity index (χ3n) is 3.75. The zero-order valence-electron chi connectivity index (χ0n) is 21.6. The lowest BCUT2D eigenvalue weighted by molar-refractivity contribution is -0.146. The third-order valence-corrected chi connectivity index (χ3v) is 3.75. The molecule has 0 aromatic carbocycles. The first-order valence-corrected chi connectivity index (χ1v) is 11.3. The Morgan fingerprint density at radius 1 is 0.829 bits per heavy atom. The van der Waals surface area contributed by atoms with E-state index >= 15 is 0 Å². The summed E-state index contributed by atoms with van der Waals surface area (Å²) in [5.41, 5.74) is -1.47. The maximum Gasteiger partial charge on any atom is 0.414 e. The van der Waals surface area contributed by atoms with Gasteiger partial charge in [0.15, 0.2) is 0 Å². The Morgan fingerprint density at radius 3 is 1.74 bits per heavy atom. The highest BCUT2D eigenvalue weighted by Crippen LogP contribution is 2.08. The molecule has 4 amide bonds. The van der Waals surface area contributed by atoms with E-state index in [-0.39, 0.29) is 19.0 Å². The van der Waals surface area contributed by atoms with Crippen molar-refractivity contribution in [1.29, 1.82) is 0 Å². The zero-order valence-corrected chi connectivity index (χ0v) is 21.6. The summed E-state index contributed by atoms with van der Waals surface area (Å²) >= 11 is 0. The van der Waals surface area contributed by atoms with Gasteiger partial charge in [-0.25, -0.2) is 14.4 Å². The molecule has 0 aliphatic heterocycles. The molecule has 0 aromatic heterocycles. The fraction of sp³-hybridized carbons (Fsp3) is 0.727. The van der Waals surface area contributed by atoms with Crippen molar-refractivity contribution in [3.63, 3.8) is 0 Å². The van der Waals surface area contributed by atoms with E-state index in [1.807, 2.05) is 0 Å². The molecule has 0 spiro atoms. The SMILES string of the molecule is CC(=O)NC(C(=O)O)C(=O)NCCCCCCN=C(NC(=O)OC(C)(C)C)NC(=O)OC(C)(C)C. The minimum atomic E-state index is -1.63. The van der Waals surface area contributed by atoms with Crippen molar-refractivity contribution < 1.29 is 38.6 Å². The second-order valence-corrected chi connectivity index (χ2v) is 9.66. The molecule has 1 atom stereocenters. The van der Waals surface area contributed by atoms with Crippen LogP contribution in [0.15, 0.2) is 4.99 Å². The largest absolute Gasteiger partial charge is 0.479 e. The summed E-state index contributed by atoms with van der Waals surface area (Å²) in [4.78, 5) is 62.2. The van der Waals surface area contributed by atoms with E-state index in [1.165, 1.54) is 0 Å². The molecule has 0 saturated heterocycles. The molecule has 0 aliphatic rings. The van der Waals surface area contributed by atoms with Gasteiger partial charge in [-0.1, -0.05) is 12.8 Å². The topological polar surface area (TPSA) is 185 Å².